The maximum absolute atomic E-state index is 12.1. The number of nitrogens with zero attached hydrogens (tertiary/aromatic N) is 11. The van der Waals surface area contributed by atoms with E-state index >= 15 is 0 Å². The Bertz CT molecular complexity index is 835. The average molecular weight is 316 g/mol. The van der Waals surface area contributed by atoms with E-state index in [1.165, 1.54) is 6.92 Å². The molecule has 0 spiro atoms. The molecular formula is C9H8N12O2. The van der Waals surface area contributed by atoms with Crippen molar-refractivity contribution in [3.8, 4) is 0 Å². The highest BCUT2D eigenvalue weighted by Gasteiger charge is 2.45. The van der Waals surface area contributed by atoms with Crippen molar-refractivity contribution in [1.82, 2.24) is 25.1 Å². The number of azide groups is 1. The van der Waals surface area contributed by atoms with Gasteiger partial charge in [0.1, 0.15) is 6.33 Å². The first-order chi connectivity index (χ1) is 11.1. The highest BCUT2D eigenvalue weighted by Crippen LogP contribution is 2.28. The van der Waals surface area contributed by atoms with Gasteiger partial charge < -0.3 is 10.5 Å². The van der Waals surface area contributed by atoms with E-state index in [0.717, 1.165) is 6.33 Å². The molecule has 14 nitrogen and oxygen atoms in total. The van der Waals surface area contributed by atoms with Gasteiger partial charge in [-0.1, -0.05) is 10.2 Å². The van der Waals surface area contributed by atoms with Crippen LogP contribution in [0.5, 0.6) is 0 Å². The van der Waals surface area contributed by atoms with Gasteiger partial charge >= 0.3 is 5.97 Å². The van der Waals surface area contributed by atoms with Gasteiger partial charge in [0.05, 0.1) is 6.61 Å². The highest BCUT2D eigenvalue weighted by atomic mass is 16.5. The fourth-order valence-corrected chi connectivity index (χ4v) is 1.58. The summed E-state index contributed by atoms with van der Waals surface area (Å²) in [6, 6.07) is 0. The van der Waals surface area contributed by atoms with E-state index in [0.29, 0.717) is 0 Å². The first-order valence-electron chi connectivity index (χ1n) is 6.00. The van der Waals surface area contributed by atoms with Crippen LogP contribution >= 0.6 is 0 Å². The Balaban J connectivity index is 2.77. The van der Waals surface area contributed by atoms with Crippen LogP contribution in [-0.4, -0.2) is 37.7 Å². The average Bonchev–Trinajstić information content (AvgIpc) is 2.55. The lowest BCUT2D eigenvalue weighted by atomic mass is 10.2. The summed E-state index contributed by atoms with van der Waals surface area (Å²) >= 11 is 0. The maximum atomic E-state index is 12.1. The van der Waals surface area contributed by atoms with E-state index in [-0.39, 0.29) is 23.6 Å². The number of esters is 1. The minimum Gasteiger partial charge on any atom is -0.465 e. The first kappa shape index (κ1) is 15.6. The Morgan fingerprint density at radius 1 is 1.35 bits per heavy atom. The summed E-state index contributed by atoms with van der Waals surface area (Å²) in [6.45, 7) is 1.45. The van der Waals surface area contributed by atoms with E-state index in [4.69, 9.17) is 21.5 Å². The quantitative estimate of drug-likeness (QED) is 0.358. The largest absolute Gasteiger partial charge is 0.465 e. The van der Waals surface area contributed by atoms with E-state index in [9.17, 15) is 4.79 Å². The number of rotatable bonds is 5. The van der Waals surface area contributed by atoms with Gasteiger partial charge in [-0.2, -0.15) is 0 Å². The summed E-state index contributed by atoms with van der Waals surface area (Å²) in [6.07, 6.45) is 1.15. The lowest BCUT2D eigenvalue weighted by molar-refractivity contribution is -0.150. The second-order valence-corrected chi connectivity index (χ2v) is 3.84. The molecule has 2 heterocycles. The Labute approximate surface area is 127 Å². The Hall–Kier alpha value is -3.76. The normalized spacial score (nSPS) is 12.6. The molecule has 2 aromatic heterocycles. The van der Waals surface area contributed by atoms with Crippen molar-refractivity contribution in [3.63, 3.8) is 0 Å². The molecule has 0 atom stereocenters. The molecule has 0 amide bonds. The first-order valence-corrected chi connectivity index (χ1v) is 6.00. The second kappa shape index (κ2) is 6.34. The van der Waals surface area contributed by atoms with Crippen LogP contribution in [0.1, 0.15) is 12.7 Å². The molecule has 0 aliphatic carbocycles. The van der Waals surface area contributed by atoms with E-state index in [2.05, 4.69) is 45.2 Å². The summed E-state index contributed by atoms with van der Waals surface area (Å²) in [7, 11) is 0. The van der Waals surface area contributed by atoms with Crippen molar-refractivity contribution in [3.05, 3.63) is 33.0 Å². The van der Waals surface area contributed by atoms with Crippen molar-refractivity contribution in [2.24, 2.45) is 10.2 Å². The van der Waals surface area contributed by atoms with Crippen molar-refractivity contribution in [1.29, 1.82) is 0 Å². The molecule has 14 heteroatoms. The number of carbonyl (C=O) groups is 1. The highest BCUT2D eigenvalue weighted by molar-refractivity contribution is 5.83. The molecule has 23 heavy (non-hydrogen) atoms. The summed E-state index contributed by atoms with van der Waals surface area (Å²) in [4.78, 5) is 28.6. The number of nitrogens with two attached hydrogens (primary N) is 1. The van der Waals surface area contributed by atoms with Crippen LogP contribution in [0.4, 0.5) is 5.82 Å². The second-order valence-electron chi connectivity index (χ2n) is 3.84. The molecule has 2 N–H and O–H groups in total. The third-order valence-corrected chi connectivity index (χ3v) is 2.54. The van der Waals surface area contributed by atoms with Gasteiger partial charge in [0.25, 0.3) is 5.66 Å². The standard InChI is InChI=1S/C9H8N12O2/c1-2-23-8(22)9(18-20-11,19-21-12)7-15-4-5(10)13-3-14-6(4)16-17-7/h3H,2H2,1H3,(H2,10,13,14,16). The summed E-state index contributed by atoms with van der Waals surface area (Å²) in [5.41, 5.74) is 20.6. The predicted molar refractivity (Wildman–Crippen MR) is 73.9 cm³/mol. The molecular weight excluding hydrogens is 308 g/mol. The Morgan fingerprint density at radius 2 is 2.04 bits per heavy atom. The Kier molecular flexibility index (Phi) is 4.31. The van der Waals surface area contributed by atoms with Gasteiger partial charge in [0.2, 0.25) is 5.65 Å². The summed E-state index contributed by atoms with van der Waals surface area (Å²) in [5, 5.41) is 13.7. The molecule has 0 bridgehead atoms. The van der Waals surface area contributed by atoms with E-state index in [1.807, 2.05) is 0 Å². The minimum atomic E-state index is -2.50. The van der Waals surface area contributed by atoms with Gasteiger partial charge in [0, 0.05) is 9.82 Å². The third-order valence-electron chi connectivity index (χ3n) is 2.54. The zero-order chi connectivity index (χ0) is 16.9. The smallest absolute Gasteiger partial charge is 0.332 e. The summed E-state index contributed by atoms with van der Waals surface area (Å²) in [5.74, 6) is -1.72. The van der Waals surface area contributed by atoms with Crippen LogP contribution in [0, 0.1) is 0 Å². The van der Waals surface area contributed by atoms with E-state index in [1.54, 1.807) is 0 Å². The van der Waals surface area contributed by atoms with Gasteiger partial charge in [-0.25, -0.2) is 15.0 Å². The fraction of sp³-hybridized carbons (Fsp3) is 0.333. The van der Waals surface area contributed by atoms with Crippen LogP contribution < -0.4 is 5.73 Å². The SMILES string of the molecule is CCOC(=O)C(N=[N+]=[N-])(N=[N+]=[N-])c1nnc2ncnc(N)c2n1. The van der Waals surface area contributed by atoms with Gasteiger partial charge in [-0.15, -0.1) is 10.2 Å². The number of ether oxygens (including phenoxy) is 1. The van der Waals surface area contributed by atoms with Crippen LogP contribution in [0.15, 0.2) is 16.6 Å². The fourth-order valence-electron chi connectivity index (χ4n) is 1.58. The number of aromatic nitrogens is 5. The molecule has 0 aliphatic heterocycles. The molecule has 2 aromatic rings. The maximum Gasteiger partial charge on any atom is 0.332 e. The minimum absolute atomic E-state index is 0.00699. The monoisotopic (exact) mass is 316 g/mol. The van der Waals surface area contributed by atoms with Crippen LogP contribution in [0.2, 0.25) is 0 Å². The van der Waals surface area contributed by atoms with Crippen molar-refractivity contribution in [2.45, 2.75) is 12.6 Å². The van der Waals surface area contributed by atoms with Crippen molar-refractivity contribution in [2.75, 3.05) is 12.3 Å². The molecule has 0 radical (unpaired) electrons. The topological polar surface area (TPSA) is 214 Å². The zero-order valence-electron chi connectivity index (χ0n) is 11.6. The number of carbonyl (C=O) groups excluding carboxylic acids is 1. The summed E-state index contributed by atoms with van der Waals surface area (Å²) < 4.78 is 4.77. The van der Waals surface area contributed by atoms with Gasteiger partial charge in [-0.3, -0.25) is 4.79 Å². The van der Waals surface area contributed by atoms with Crippen molar-refractivity contribution < 1.29 is 9.53 Å². The number of hydrogen-bond acceptors (Lipinski definition) is 10. The molecule has 2 rings (SSSR count). The number of hydrogen-bond donors (Lipinski definition) is 1. The molecule has 0 fully saturated rings. The molecule has 0 aliphatic rings. The number of nitrogen functional groups attached to an aromatic ring is 1. The van der Waals surface area contributed by atoms with Gasteiger partial charge in [0.15, 0.2) is 17.2 Å². The lowest BCUT2D eigenvalue weighted by Gasteiger charge is -2.18. The van der Waals surface area contributed by atoms with Crippen LogP contribution in [-0.2, 0) is 15.2 Å². The zero-order valence-corrected chi connectivity index (χ0v) is 11.6. The Morgan fingerprint density at radius 3 is 2.65 bits per heavy atom. The van der Waals surface area contributed by atoms with Crippen LogP contribution in [0.3, 0.4) is 0 Å². The number of fused-ring (bicyclic) bond motifs is 1. The molecule has 0 unspecified atom stereocenters. The predicted octanol–water partition coefficient (Wildman–Crippen LogP) is 0.734. The molecule has 0 aromatic carbocycles. The number of anilines is 1. The van der Waals surface area contributed by atoms with Crippen molar-refractivity contribution >= 4 is 23.0 Å². The molecule has 0 saturated heterocycles. The molecule has 0 saturated carbocycles. The van der Waals surface area contributed by atoms with Gasteiger partial charge in [-0.05, 0) is 18.0 Å². The van der Waals surface area contributed by atoms with E-state index < -0.39 is 17.5 Å². The third kappa shape index (κ3) is 2.70. The molecule has 116 valence electrons. The lowest BCUT2D eigenvalue weighted by Crippen LogP contribution is -2.35. The van der Waals surface area contributed by atoms with Crippen LogP contribution in [0.25, 0.3) is 32.0 Å².